The molecule has 0 aliphatic carbocycles. The molecule has 1 amide bonds. The molecule has 0 aliphatic rings. The first-order chi connectivity index (χ1) is 12.8. The average Bonchev–Trinajstić information content (AvgIpc) is 3.06. The number of aromatic nitrogens is 1. The number of hydrogen-bond donors (Lipinski definition) is 1. The molecule has 1 N–H and O–H groups in total. The summed E-state index contributed by atoms with van der Waals surface area (Å²) in [6.45, 7) is 6.11. The van der Waals surface area contributed by atoms with Gasteiger partial charge in [-0.15, -0.1) is 11.3 Å². The molecule has 2 aromatic carbocycles. The number of non-ortho nitro benzene ring substituents is 1. The Bertz CT molecular complexity index is 1060. The zero-order valence-corrected chi connectivity index (χ0v) is 16.4. The maximum Gasteiger partial charge on any atom is 0.270 e. The normalized spacial score (nSPS) is 10.7. The van der Waals surface area contributed by atoms with E-state index in [0.29, 0.717) is 5.13 Å². The summed E-state index contributed by atoms with van der Waals surface area (Å²) < 4.78 is 0. The van der Waals surface area contributed by atoms with E-state index < -0.39 is 10.8 Å². The third kappa shape index (κ3) is 3.99. The van der Waals surface area contributed by atoms with Crippen LogP contribution < -0.4 is 5.32 Å². The molecular weight excluding hydrogens is 386 g/mol. The number of anilines is 1. The molecule has 1 heterocycles. The molecule has 0 fully saturated rings. The lowest BCUT2D eigenvalue weighted by atomic mass is 9.99. The van der Waals surface area contributed by atoms with Gasteiger partial charge in [-0.25, -0.2) is 4.98 Å². The van der Waals surface area contributed by atoms with Crippen molar-refractivity contribution < 1.29 is 9.72 Å². The lowest BCUT2D eigenvalue weighted by Crippen LogP contribution is -2.12. The van der Waals surface area contributed by atoms with Crippen LogP contribution in [0.4, 0.5) is 10.8 Å². The smallest absolute Gasteiger partial charge is 0.270 e. The van der Waals surface area contributed by atoms with Crippen LogP contribution in [-0.4, -0.2) is 15.8 Å². The van der Waals surface area contributed by atoms with Crippen LogP contribution in [0, 0.1) is 30.9 Å². The summed E-state index contributed by atoms with van der Waals surface area (Å²) in [5, 5.41) is 16.0. The summed E-state index contributed by atoms with van der Waals surface area (Å²) in [4.78, 5) is 27.3. The van der Waals surface area contributed by atoms with Crippen LogP contribution in [0.15, 0.2) is 35.7 Å². The van der Waals surface area contributed by atoms with Gasteiger partial charge in [-0.05, 0) is 49.6 Å². The largest absolute Gasteiger partial charge is 0.298 e. The van der Waals surface area contributed by atoms with Gasteiger partial charge >= 0.3 is 0 Å². The Hall–Kier alpha value is -2.77. The minimum atomic E-state index is -0.572. The van der Waals surface area contributed by atoms with Crippen molar-refractivity contribution in [2.24, 2.45) is 0 Å². The predicted octanol–water partition coefficient (Wildman–Crippen LogP) is 5.55. The third-order valence-electron chi connectivity index (χ3n) is 4.25. The second kappa shape index (κ2) is 7.46. The van der Waals surface area contributed by atoms with Gasteiger partial charge in [-0.2, -0.15) is 0 Å². The summed E-state index contributed by atoms with van der Waals surface area (Å²) in [6, 6.07) is 7.91. The summed E-state index contributed by atoms with van der Waals surface area (Å²) in [7, 11) is 0. The first-order valence-corrected chi connectivity index (χ1v) is 9.31. The maximum absolute atomic E-state index is 12.5. The maximum atomic E-state index is 12.5. The van der Waals surface area contributed by atoms with Crippen molar-refractivity contribution >= 4 is 39.7 Å². The van der Waals surface area contributed by atoms with Gasteiger partial charge in [0, 0.05) is 23.1 Å². The van der Waals surface area contributed by atoms with E-state index in [1.165, 1.54) is 29.0 Å². The highest BCUT2D eigenvalue weighted by Gasteiger charge is 2.17. The molecule has 8 heteroatoms. The van der Waals surface area contributed by atoms with Gasteiger partial charge in [0.2, 0.25) is 0 Å². The van der Waals surface area contributed by atoms with Gasteiger partial charge in [0.05, 0.1) is 21.2 Å². The van der Waals surface area contributed by atoms with E-state index in [0.717, 1.165) is 28.5 Å². The molecular formula is C19H16ClN3O3S. The van der Waals surface area contributed by atoms with Crippen LogP contribution in [0.2, 0.25) is 5.02 Å². The topological polar surface area (TPSA) is 85.1 Å². The van der Waals surface area contributed by atoms with E-state index in [4.69, 9.17) is 11.6 Å². The lowest BCUT2D eigenvalue weighted by Gasteiger charge is -2.07. The second-order valence-electron chi connectivity index (χ2n) is 6.16. The van der Waals surface area contributed by atoms with Crippen molar-refractivity contribution in [3.05, 3.63) is 73.1 Å². The minimum Gasteiger partial charge on any atom is -0.298 e. The van der Waals surface area contributed by atoms with E-state index in [-0.39, 0.29) is 16.3 Å². The number of nitrogens with zero attached hydrogens (tertiary/aromatic N) is 2. The van der Waals surface area contributed by atoms with Gasteiger partial charge in [0.25, 0.3) is 11.6 Å². The average molecular weight is 402 g/mol. The number of carbonyl (C=O) groups excluding carboxylic acids is 1. The Labute approximate surface area is 165 Å². The van der Waals surface area contributed by atoms with Crippen LogP contribution in [0.5, 0.6) is 0 Å². The fourth-order valence-corrected chi connectivity index (χ4v) is 3.57. The number of benzene rings is 2. The molecule has 1 aromatic heterocycles. The highest BCUT2D eigenvalue weighted by atomic mass is 35.5. The van der Waals surface area contributed by atoms with E-state index in [1.54, 1.807) is 0 Å². The molecule has 3 rings (SSSR count). The number of amides is 1. The van der Waals surface area contributed by atoms with E-state index in [2.05, 4.69) is 29.4 Å². The quantitative estimate of drug-likeness (QED) is 0.458. The van der Waals surface area contributed by atoms with E-state index in [9.17, 15) is 14.9 Å². The first-order valence-electron chi connectivity index (χ1n) is 8.05. The number of nitrogens with one attached hydrogen (secondary N) is 1. The molecule has 0 saturated carbocycles. The predicted molar refractivity (Wildman–Crippen MR) is 108 cm³/mol. The van der Waals surface area contributed by atoms with Crippen molar-refractivity contribution in [2.45, 2.75) is 20.8 Å². The van der Waals surface area contributed by atoms with Gasteiger partial charge in [0.1, 0.15) is 0 Å². The Morgan fingerprint density at radius 2 is 1.85 bits per heavy atom. The molecule has 3 aromatic rings. The van der Waals surface area contributed by atoms with Gasteiger partial charge in [-0.1, -0.05) is 17.7 Å². The monoisotopic (exact) mass is 401 g/mol. The highest BCUT2D eigenvalue weighted by Crippen LogP contribution is 2.30. The standard InChI is InChI=1S/C19H16ClN3O3S/c1-10-6-12(3)14(7-11(10)2)17-9-27-19(21-17)22-18(24)15-8-13(23(25)26)4-5-16(15)20/h4-9H,1-3H3,(H,21,22,24). The number of nitro benzene ring substituents is 1. The fraction of sp³-hybridized carbons (Fsp3) is 0.158. The Morgan fingerprint density at radius 1 is 1.15 bits per heavy atom. The number of rotatable bonds is 4. The molecule has 138 valence electrons. The Balaban J connectivity index is 1.86. The minimum absolute atomic E-state index is 0.0324. The van der Waals surface area contributed by atoms with Crippen molar-refractivity contribution in [3.63, 3.8) is 0 Å². The molecule has 0 radical (unpaired) electrons. The number of aryl methyl sites for hydroxylation is 3. The van der Waals surface area contributed by atoms with Crippen LogP contribution >= 0.6 is 22.9 Å². The molecule has 0 atom stereocenters. The first kappa shape index (κ1) is 19.0. The Kier molecular flexibility index (Phi) is 5.25. The van der Waals surface area contributed by atoms with Crippen molar-refractivity contribution in [3.8, 4) is 11.3 Å². The van der Waals surface area contributed by atoms with Crippen molar-refractivity contribution in [1.29, 1.82) is 0 Å². The SMILES string of the molecule is Cc1cc(C)c(-c2csc(NC(=O)c3cc([N+](=O)[O-])ccc3Cl)n2)cc1C. The molecule has 0 aliphatic heterocycles. The summed E-state index contributed by atoms with van der Waals surface area (Å²) in [6.07, 6.45) is 0. The highest BCUT2D eigenvalue weighted by molar-refractivity contribution is 7.14. The Morgan fingerprint density at radius 3 is 2.56 bits per heavy atom. The van der Waals surface area contributed by atoms with Crippen molar-refractivity contribution in [2.75, 3.05) is 5.32 Å². The van der Waals surface area contributed by atoms with E-state index >= 15 is 0 Å². The third-order valence-corrected chi connectivity index (χ3v) is 5.33. The number of halogens is 1. The fourth-order valence-electron chi connectivity index (χ4n) is 2.66. The summed E-state index contributed by atoms with van der Waals surface area (Å²) in [5.41, 5.74) is 5.07. The summed E-state index contributed by atoms with van der Waals surface area (Å²) in [5.74, 6) is -0.540. The van der Waals surface area contributed by atoms with Crippen molar-refractivity contribution in [1.82, 2.24) is 4.98 Å². The molecule has 6 nitrogen and oxygen atoms in total. The zero-order chi connectivity index (χ0) is 19.7. The number of carbonyl (C=O) groups is 1. The lowest BCUT2D eigenvalue weighted by molar-refractivity contribution is -0.384. The van der Waals surface area contributed by atoms with Crippen LogP contribution in [0.25, 0.3) is 11.3 Å². The van der Waals surface area contributed by atoms with Gasteiger partial charge in [-0.3, -0.25) is 20.2 Å². The molecule has 0 spiro atoms. The van der Waals surface area contributed by atoms with Crippen LogP contribution in [-0.2, 0) is 0 Å². The number of hydrogen-bond acceptors (Lipinski definition) is 5. The van der Waals surface area contributed by atoms with Crippen LogP contribution in [0.3, 0.4) is 0 Å². The summed E-state index contributed by atoms with van der Waals surface area (Å²) >= 11 is 7.30. The molecule has 0 unspecified atom stereocenters. The number of nitro groups is 1. The second-order valence-corrected chi connectivity index (χ2v) is 7.43. The van der Waals surface area contributed by atoms with E-state index in [1.807, 2.05) is 19.2 Å². The molecule has 0 saturated heterocycles. The van der Waals surface area contributed by atoms with Gasteiger partial charge in [0.15, 0.2) is 5.13 Å². The van der Waals surface area contributed by atoms with Crippen LogP contribution in [0.1, 0.15) is 27.0 Å². The molecule has 0 bridgehead atoms. The number of thiazole rings is 1. The molecule has 27 heavy (non-hydrogen) atoms. The van der Waals surface area contributed by atoms with Gasteiger partial charge < -0.3 is 0 Å². The zero-order valence-electron chi connectivity index (χ0n) is 14.9.